The molecule has 0 aliphatic rings. The lowest BCUT2D eigenvalue weighted by atomic mass is 10.3. The van der Waals surface area contributed by atoms with Crippen LogP contribution in [0.1, 0.15) is 27.2 Å². The van der Waals surface area contributed by atoms with Crippen LogP contribution in [0.2, 0.25) is 0 Å². The van der Waals surface area contributed by atoms with Gasteiger partial charge in [-0.25, -0.2) is 0 Å². The molecule has 1 amide bonds. The SMILES string of the molecule is CC(=O)N[C@@H](CN=[N+]=[N-])COCC[C@@H](C)OC(C)=O. The first kappa shape index (κ1) is 17.2. The monoisotopic (exact) mass is 272 g/mol. The highest BCUT2D eigenvalue weighted by molar-refractivity contribution is 5.73. The number of nitrogens with one attached hydrogen (secondary N) is 1. The number of esters is 1. The zero-order valence-electron chi connectivity index (χ0n) is 11.5. The Morgan fingerprint density at radius 3 is 2.63 bits per heavy atom. The number of carbonyl (C=O) groups excluding carboxylic acids is 2. The van der Waals surface area contributed by atoms with E-state index in [9.17, 15) is 9.59 Å². The molecule has 8 heteroatoms. The zero-order valence-corrected chi connectivity index (χ0v) is 11.5. The van der Waals surface area contributed by atoms with Gasteiger partial charge < -0.3 is 14.8 Å². The Bertz CT molecular complexity index is 338. The van der Waals surface area contributed by atoms with E-state index >= 15 is 0 Å². The third-order valence-electron chi connectivity index (χ3n) is 2.13. The van der Waals surface area contributed by atoms with E-state index in [1.165, 1.54) is 13.8 Å². The molecule has 0 radical (unpaired) electrons. The Kier molecular flexibility index (Phi) is 9.20. The van der Waals surface area contributed by atoms with E-state index in [1.54, 1.807) is 6.92 Å². The Labute approximate surface area is 112 Å². The molecule has 0 saturated heterocycles. The largest absolute Gasteiger partial charge is 0.463 e. The minimum atomic E-state index is -0.350. The van der Waals surface area contributed by atoms with Crippen LogP contribution in [0.5, 0.6) is 0 Å². The maximum Gasteiger partial charge on any atom is 0.302 e. The van der Waals surface area contributed by atoms with Crippen molar-refractivity contribution in [2.45, 2.75) is 39.3 Å². The molecule has 0 bridgehead atoms. The molecular formula is C11H20N4O4. The number of hydrogen-bond acceptors (Lipinski definition) is 5. The summed E-state index contributed by atoms with van der Waals surface area (Å²) < 4.78 is 10.3. The van der Waals surface area contributed by atoms with Crippen LogP contribution in [0, 0.1) is 0 Å². The topological polar surface area (TPSA) is 113 Å². The number of hydrogen-bond donors (Lipinski definition) is 1. The number of nitrogens with zero attached hydrogens (tertiary/aromatic N) is 3. The molecule has 0 aliphatic carbocycles. The second-order valence-corrected chi connectivity index (χ2v) is 4.09. The van der Waals surface area contributed by atoms with Gasteiger partial charge in [0.05, 0.1) is 19.3 Å². The van der Waals surface area contributed by atoms with Crippen LogP contribution >= 0.6 is 0 Å². The fourth-order valence-corrected chi connectivity index (χ4v) is 1.38. The van der Waals surface area contributed by atoms with Gasteiger partial charge in [-0.2, -0.15) is 0 Å². The van der Waals surface area contributed by atoms with Gasteiger partial charge in [0, 0.05) is 31.7 Å². The van der Waals surface area contributed by atoms with Crippen molar-refractivity contribution in [3.8, 4) is 0 Å². The second-order valence-electron chi connectivity index (χ2n) is 4.09. The third-order valence-corrected chi connectivity index (χ3v) is 2.13. The lowest BCUT2D eigenvalue weighted by molar-refractivity contribution is -0.146. The molecule has 0 fully saturated rings. The highest BCUT2D eigenvalue weighted by atomic mass is 16.5. The van der Waals surface area contributed by atoms with E-state index in [0.717, 1.165) is 0 Å². The molecular weight excluding hydrogens is 252 g/mol. The van der Waals surface area contributed by atoms with E-state index in [2.05, 4.69) is 15.3 Å². The molecule has 0 aromatic carbocycles. The van der Waals surface area contributed by atoms with Gasteiger partial charge in [-0.3, -0.25) is 9.59 Å². The molecule has 0 unspecified atom stereocenters. The summed E-state index contributed by atoms with van der Waals surface area (Å²) in [6, 6.07) is -0.350. The second kappa shape index (κ2) is 10.2. The van der Waals surface area contributed by atoms with Gasteiger partial charge in [0.25, 0.3) is 0 Å². The number of ether oxygens (including phenoxy) is 2. The van der Waals surface area contributed by atoms with Gasteiger partial charge in [0.1, 0.15) is 6.10 Å². The summed E-state index contributed by atoms with van der Waals surface area (Å²) in [4.78, 5) is 24.2. The summed E-state index contributed by atoms with van der Waals surface area (Å²) in [5, 5.41) is 6.02. The summed E-state index contributed by atoms with van der Waals surface area (Å²) in [6.45, 7) is 5.27. The van der Waals surface area contributed by atoms with Crippen LogP contribution in [-0.2, 0) is 19.1 Å². The number of rotatable bonds is 9. The van der Waals surface area contributed by atoms with Crippen LogP contribution in [0.3, 0.4) is 0 Å². The van der Waals surface area contributed by atoms with Crippen molar-refractivity contribution in [3.05, 3.63) is 10.4 Å². The average molecular weight is 272 g/mol. The maximum absolute atomic E-state index is 10.9. The van der Waals surface area contributed by atoms with Gasteiger partial charge in [-0.05, 0) is 12.5 Å². The smallest absolute Gasteiger partial charge is 0.302 e. The molecule has 1 N–H and O–H groups in total. The van der Waals surface area contributed by atoms with E-state index in [1.807, 2.05) is 0 Å². The Hall–Kier alpha value is -1.79. The first-order valence-corrected chi connectivity index (χ1v) is 5.98. The van der Waals surface area contributed by atoms with E-state index < -0.39 is 0 Å². The van der Waals surface area contributed by atoms with Gasteiger partial charge >= 0.3 is 5.97 Å². The van der Waals surface area contributed by atoms with Crippen LogP contribution in [0.15, 0.2) is 5.11 Å². The summed E-state index contributed by atoms with van der Waals surface area (Å²) in [7, 11) is 0. The fourth-order valence-electron chi connectivity index (χ4n) is 1.38. The highest BCUT2D eigenvalue weighted by Gasteiger charge is 2.10. The first-order chi connectivity index (χ1) is 8.95. The quantitative estimate of drug-likeness (QED) is 0.223. The summed E-state index contributed by atoms with van der Waals surface area (Å²) >= 11 is 0. The van der Waals surface area contributed by atoms with Crippen molar-refractivity contribution in [1.82, 2.24) is 5.32 Å². The summed E-state index contributed by atoms with van der Waals surface area (Å²) in [5.74, 6) is -0.540. The minimum absolute atomic E-state index is 0.135. The molecule has 0 saturated carbocycles. The zero-order chi connectivity index (χ0) is 14.7. The van der Waals surface area contributed by atoms with Gasteiger partial charge in [0.2, 0.25) is 5.91 Å². The van der Waals surface area contributed by atoms with Crippen LogP contribution in [0.4, 0.5) is 0 Å². The Morgan fingerprint density at radius 1 is 1.42 bits per heavy atom. The van der Waals surface area contributed by atoms with Gasteiger partial charge in [-0.1, -0.05) is 5.11 Å². The molecule has 8 nitrogen and oxygen atoms in total. The van der Waals surface area contributed by atoms with E-state index in [-0.39, 0.29) is 37.2 Å². The third kappa shape index (κ3) is 11.1. The standard InChI is InChI=1S/C11H20N4O4/c1-8(19-10(3)17)4-5-18-7-11(6-13-15-12)14-9(2)16/h8,11H,4-7H2,1-3H3,(H,14,16)/t8-,11+/m1/s1. The minimum Gasteiger partial charge on any atom is -0.463 e. The first-order valence-electron chi connectivity index (χ1n) is 5.98. The van der Waals surface area contributed by atoms with Crippen molar-refractivity contribution >= 4 is 11.9 Å². The molecule has 19 heavy (non-hydrogen) atoms. The van der Waals surface area contributed by atoms with Crippen LogP contribution in [-0.4, -0.2) is 43.8 Å². The van der Waals surface area contributed by atoms with Crippen molar-refractivity contribution in [1.29, 1.82) is 0 Å². The van der Waals surface area contributed by atoms with E-state index in [4.69, 9.17) is 15.0 Å². The van der Waals surface area contributed by atoms with Crippen molar-refractivity contribution in [3.63, 3.8) is 0 Å². The van der Waals surface area contributed by atoms with Crippen molar-refractivity contribution in [2.75, 3.05) is 19.8 Å². The average Bonchev–Trinajstić information content (AvgIpc) is 2.29. The molecule has 0 aromatic rings. The molecule has 0 rings (SSSR count). The summed E-state index contributed by atoms with van der Waals surface area (Å²) in [6.07, 6.45) is 0.349. The molecule has 0 heterocycles. The Morgan fingerprint density at radius 2 is 2.11 bits per heavy atom. The predicted molar refractivity (Wildman–Crippen MR) is 68.3 cm³/mol. The van der Waals surface area contributed by atoms with Crippen molar-refractivity contribution < 1.29 is 19.1 Å². The normalized spacial score (nSPS) is 13.0. The number of carbonyl (C=O) groups is 2. The maximum atomic E-state index is 10.9. The fraction of sp³-hybridized carbons (Fsp3) is 0.818. The molecule has 2 atom stereocenters. The van der Waals surface area contributed by atoms with Gasteiger partial charge in [0.15, 0.2) is 0 Å². The lowest BCUT2D eigenvalue weighted by Gasteiger charge is -2.17. The molecule has 0 aliphatic heterocycles. The van der Waals surface area contributed by atoms with E-state index in [0.29, 0.717) is 13.0 Å². The molecule has 0 aromatic heterocycles. The lowest BCUT2D eigenvalue weighted by Crippen LogP contribution is -2.39. The van der Waals surface area contributed by atoms with Gasteiger partial charge in [-0.15, -0.1) is 0 Å². The molecule has 0 spiro atoms. The highest BCUT2D eigenvalue weighted by Crippen LogP contribution is 1.99. The van der Waals surface area contributed by atoms with Crippen LogP contribution in [0.25, 0.3) is 10.4 Å². The van der Waals surface area contributed by atoms with Crippen LogP contribution < -0.4 is 5.32 Å². The summed E-state index contributed by atoms with van der Waals surface area (Å²) in [5.41, 5.74) is 8.23. The number of azide groups is 1. The molecule has 108 valence electrons. The number of amides is 1. The Balaban J connectivity index is 3.88. The predicted octanol–water partition coefficient (Wildman–Crippen LogP) is 1.16. The van der Waals surface area contributed by atoms with Crippen molar-refractivity contribution in [2.24, 2.45) is 5.11 Å².